The van der Waals surface area contributed by atoms with Gasteiger partial charge in [0.2, 0.25) is 0 Å². The zero-order chi connectivity index (χ0) is 10.4. The monoisotopic (exact) mass is 209 g/mol. The molecule has 0 atom stereocenters. The molecule has 1 saturated heterocycles. The van der Waals surface area contributed by atoms with Gasteiger partial charge in [0, 0.05) is 0 Å². The van der Waals surface area contributed by atoms with Gasteiger partial charge in [-0.25, -0.2) is 4.79 Å². The van der Waals surface area contributed by atoms with Crippen LogP contribution in [0, 0.1) is 5.41 Å². The van der Waals surface area contributed by atoms with Crippen LogP contribution in [0.25, 0.3) is 0 Å². The number of nitrogens with one attached hydrogen (secondary N) is 1. The molecule has 0 unspecified atom stereocenters. The molecule has 1 aliphatic heterocycles. The lowest BCUT2D eigenvalue weighted by atomic mass is 9.67. The number of carbonyl (C=O) groups excluding carboxylic acids is 1. The zero-order valence-electron chi connectivity index (χ0n) is 9.18. The maximum absolute atomic E-state index is 11.1. The first kappa shape index (κ1) is 9.49. The van der Waals surface area contributed by atoms with Crippen LogP contribution in [0.4, 0.5) is 4.79 Å². The van der Waals surface area contributed by atoms with Gasteiger partial charge in [0.1, 0.15) is 6.61 Å². The van der Waals surface area contributed by atoms with Gasteiger partial charge in [-0.15, -0.1) is 0 Å². The Bertz CT molecular complexity index is 271. The Labute approximate surface area is 90.6 Å². The molecule has 2 spiro atoms. The molecule has 0 radical (unpaired) electrons. The van der Waals surface area contributed by atoms with Gasteiger partial charge < -0.3 is 10.1 Å². The number of hydrogen-bond acceptors (Lipinski definition) is 2. The average Bonchev–Trinajstić information content (AvgIpc) is 2.81. The number of alkyl carbamates (subject to hydrolysis) is 1. The summed E-state index contributed by atoms with van der Waals surface area (Å²) in [6.07, 6.45) is 10.3. The highest BCUT2D eigenvalue weighted by Crippen LogP contribution is 2.51. The summed E-state index contributed by atoms with van der Waals surface area (Å²) in [4.78, 5) is 11.1. The Morgan fingerprint density at radius 2 is 1.67 bits per heavy atom. The number of carbonyl (C=O) groups is 1. The summed E-state index contributed by atoms with van der Waals surface area (Å²) in [7, 11) is 0. The summed E-state index contributed by atoms with van der Waals surface area (Å²) in [6.45, 7) is 0.599. The summed E-state index contributed by atoms with van der Waals surface area (Å²) in [5.74, 6) is 0. The van der Waals surface area contributed by atoms with E-state index in [1.54, 1.807) is 0 Å². The minimum absolute atomic E-state index is 0.00488. The van der Waals surface area contributed by atoms with Crippen LogP contribution in [0.5, 0.6) is 0 Å². The van der Waals surface area contributed by atoms with Gasteiger partial charge in [-0.2, -0.15) is 0 Å². The number of rotatable bonds is 0. The highest BCUT2D eigenvalue weighted by atomic mass is 16.6. The van der Waals surface area contributed by atoms with Gasteiger partial charge in [0.05, 0.1) is 5.54 Å². The smallest absolute Gasteiger partial charge is 0.407 e. The number of hydrogen-bond donors (Lipinski definition) is 1. The SMILES string of the molecule is O=C1NC2(CCC3(CCCC3)CC2)CO1. The highest BCUT2D eigenvalue weighted by molar-refractivity contribution is 5.70. The molecule has 2 aliphatic carbocycles. The minimum Gasteiger partial charge on any atom is -0.447 e. The first-order chi connectivity index (χ1) is 7.22. The van der Waals surface area contributed by atoms with E-state index in [9.17, 15) is 4.79 Å². The number of cyclic esters (lactones) is 1. The van der Waals surface area contributed by atoms with Crippen molar-refractivity contribution in [1.82, 2.24) is 5.32 Å². The molecule has 3 rings (SSSR count). The summed E-state index contributed by atoms with van der Waals surface area (Å²) in [5.41, 5.74) is 0.642. The van der Waals surface area contributed by atoms with Gasteiger partial charge in [-0.3, -0.25) is 0 Å². The molecule has 3 nitrogen and oxygen atoms in total. The van der Waals surface area contributed by atoms with Gasteiger partial charge in [-0.1, -0.05) is 12.8 Å². The molecule has 3 aliphatic rings. The summed E-state index contributed by atoms with van der Waals surface area (Å²) in [5, 5.41) is 3.01. The lowest BCUT2D eigenvalue weighted by molar-refractivity contribution is 0.109. The van der Waals surface area contributed by atoms with E-state index < -0.39 is 0 Å². The van der Waals surface area contributed by atoms with E-state index in [1.807, 2.05) is 0 Å². The second-order valence-electron chi connectivity index (χ2n) is 5.69. The third kappa shape index (κ3) is 1.52. The summed E-state index contributed by atoms with van der Waals surface area (Å²) < 4.78 is 5.05. The molecular formula is C12H19NO2. The zero-order valence-corrected chi connectivity index (χ0v) is 9.18. The van der Waals surface area contributed by atoms with Crippen molar-refractivity contribution in [3.63, 3.8) is 0 Å². The van der Waals surface area contributed by atoms with Crippen LogP contribution in [-0.2, 0) is 4.74 Å². The van der Waals surface area contributed by atoms with Crippen LogP contribution in [0.1, 0.15) is 51.4 Å². The van der Waals surface area contributed by atoms with Gasteiger partial charge in [0.15, 0.2) is 0 Å². The molecule has 2 saturated carbocycles. The fourth-order valence-corrected chi connectivity index (χ4v) is 3.65. The second-order valence-corrected chi connectivity index (χ2v) is 5.69. The molecule has 0 bridgehead atoms. The van der Waals surface area contributed by atoms with E-state index in [-0.39, 0.29) is 11.6 Å². The first-order valence-electron chi connectivity index (χ1n) is 6.17. The first-order valence-corrected chi connectivity index (χ1v) is 6.17. The molecule has 3 fully saturated rings. The van der Waals surface area contributed by atoms with Crippen LogP contribution >= 0.6 is 0 Å². The third-order valence-corrected chi connectivity index (χ3v) is 4.78. The van der Waals surface area contributed by atoms with E-state index in [1.165, 1.54) is 38.5 Å². The van der Waals surface area contributed by atoms with Crippen molar-refractivity contribution in [2.24, 2.45) is 5.41 Å². The Morgan fingerprint density at radius 3 is 2.20 bits per heavy atom. The molecule has 1 amide bonds. The molecule has 0 aromatic rings. The summed E-state index contributed by atoms with van der Waals surface area (Å²) in [6, 6.07) is 0. The van der Waals surface area contributed by atoms with E-state index in [2.05, 4.69) is 5.32 Å². The molecular weight excluding hydrogens is 190 g/mol. The summed E-state index contributed by atoms with van der Waals surface area (Å²) >= 11 is 0. The van der Waals surface area contributed by atoms with Crippen LogP contribution in [0.3, 0.4) is 0 Å². The van der Waals surface area contributed by atoms with Crippen LogP contribution in [0.2, 0.25) is 0 Å². The largest absolute Gasteiger partial charge is 0.447 e. The molecule has 1 heterocycles. The molecule has 0 aromatic carbocycles. The lowest BCUT2D eigenvalue weighted by Crippen LogP contribution is -2.48. The van der Waals surface area contributed by atoms with Crippen molar-refractivity contribution >= 4 is 6.09 Å². The quantitative estimate of drug-likeness (QED) is 0.666. The minimum atomic E-state index is -0.211. The van der Waals surface area contributed by atoms with Crippen molar-refractivity contribution in [3.05, 3.63) is 0 Å². The van der Waals surface area contributed by atoms with Crippen LogP contribution in [-0.4, -0.2) is 18.2 Å². The maximum atomic E-state index is 11.1. The normalized spacial score (nSPS) is 31.9. The van der Waals surface area contributed by atoms with Crippen LogP contribution in [0.15, 0.2) is 0 Å². The van der Waals surface area contributed by atoms with E-state index in [4.69, 9.17) is 4.74 Å². The lowest BCUT2D eigenvalue weighted by Gasteiger charge is -2.41. The van der Waals surface area contributed by atoms with Crippen molar-refractivity contribution in [2.75, 3.05) is 6.61 Å². The second kappa shape index (κ2) is 3.13. The van der Waals surface area contributed by atoms with Crippen molar-refractivity contribution in [3.8, 4) is 0 Å². The van der Waals surface area contributed by atoms with Crippen molar-refractivity contribution in [1.29, 1.82) is 0 Å². The molecule has 1 N–H and O–H groups in total. The molecule has 84 valence electrons. The van der Waals surface area contributed by atoms with Gasteiger partial charge in [0.25, 0.3) is 0 Å². The van der Waals surface area contributed by atoms with Crippen LogP contribution < -0.4 is 5.32 Å². The van der Waals surface area contributed by atoms with E-state index in [0.717, 1.165) is 12.8 Å². The Balaban J connectivity index is 1.67. The van der Waals surface area contributed by atoms with Crippen molar-refractivity contribution in [2.45, 2.75) is 56.9 Å². The Hall–Kier alpha value is -0.730. The molecule has 15 heavy (non-hydrogen) atoms. The molecule has 3 heteroatoms. The van der Waals surface area contributed by atoms with E-state index in [0.29, 0.717) is 12.0 Å². The fourth-order valence-electron chi connectivity index (χ4n) is 3.65. The fraction of sp³-hybridized carbons (Fsp3) is 0.917. The predicted molar refractivity (Wildman–Crippen MR) is 56.6 cm³/mol. The highest BCUT2D eigenvalue weighted by Gasteiger charge is 2.47. The standard InChI is InChI=1S/C12H19NO2/c14-10-13-12(9-15-10)7-5-11(6-8-12)3-1-2-4-11/h1-9H2,(H,13,14). The topological polar surface area (TPSA) is 38.3 Å². The molecule has 0 aromatic heterocycles. The van der Waals surface area contributed by atoms with Crippen molar-refractivity contribution < 1.29 is 9.53 Å². The number of amides is 1. The Morgan fingerprint density at radius 1 is 1.00 bits per heavy atom. The average molecular weight is 209 g/mol. The van der Waals surface area contributed by atoms with Gasteiger partial charge in [-0.05, 0) is 43.9 Å². The number of ether oxygens (including phenoxy) is 1. The maximum Gasteiger partial charge on any atom is 0.407 e. The Kier molecular flexibility index (Phi) is 1.98. The van der Waals surface area contributed by atoms with Gasteiger partial charge >= 0.3 is 6.09 Å². The van der Waals surface area contributed by atoms with E-state index >= 15 is 0 Å². The predicted octanol–water partition coefficient (Wildman–Crippen LogP) is 2.60. The third-order valence-electron chi connectivity index (χ3n) is 4.78.